The lowest BCUT2D eigenvalue weighted by Crippen LogP contribution is -2.26. The lowest BCUT2D eigenvalue weighted by Gasteiger charge is -2.15. The molecular weight excluding hydrogens is 332 g/mol. The van der Waals surface area contributed by atoms with E-state index in [1.807, 2.05) is 6.92 Å². The molecule has 0 radical (unpaired) electrons. The molecular formula is C20H22N2O4. The second kappa shape index (κ2) is 8.80. The van der Waals surface area contributed by atoms with Crippen molar-refractivity contribution in [1.29, 1.82) is 0 Å². The molecule has 2 aromatic rings. The highest BCUT2D eigenvalue weighted by atomic mass is 16.4. The number of nitrogens with one attached hydrogen (secondary N) is 1. The number of aryl methyl sites for hydroxylation is 1. The van der Waals surface area contributed by atoms with E-state index in [1.165, 1.54) is 0 Å². The number of anilines is 1. The number of benzene rings is 2. The molecule has 2 amide bonds. The number of nitrogens with zero attached hydrogens (tertiary/aromatic N) is 1. The van der Waals surface area contributed by atoms with E-state index in [0.29, 0.717) is 29.8 Å². The van der Waals surface area contributed by atoms with Crippen LogP contribution in [0.5, 0.6) is 0 Å². The van der Waals surface area contributed by atoms with Crippen LogP contribution in [0.1, 0.15) is 39.6 Å². The Morgan fingerprint density at radius 1 is 1.04 bits per heavy atom. The number of carbonyl (C=O) groups excluding carboxylic acids is 2. The number of carboxylic acid groups (broad SMARTS) is 1. The van der Waals surface area contributed by atoms with Crippen LogP contribution in [-0.2, 0) is 11.2 Å². The lowest BCUT2D eigenvalue weighted by molar-refractivity contribution is -0.136. The normalized spacial score (nSPS) is 10.2. The summed E-state index contributed by atoms with van der Waals surface area (Å²) in [5, 5.41) is 11.5. The van der Waals surface area contributed by atoms with Gasteiger partial charge in [-0.05, 0) is 49.2 Å². The fourth-order valence-corrected chi connectivity index (χ4v) is 2.37. The second-order valence-corrected chi connectivity index (χ2v) is 5.94. The number of hydrogen-bond acceptors (Lipinski definition) is 3. The Kier molecular flexibility index (Phi) is 6.49. The van der Waals surface area contributed by atoms with Crippen molar-refractivity contribution in [3.05, 3.63) is 65.2 Å². The van der Waals surface area contributed by atoms with Gasteiger partial charge in [0.2, 0.25) is 0 Å². The van der Waals surface area contributed by atoms with Crippen LogP contribution >= 0.6 is 0 Å². The van der Waals surface area contributed by atoms with Crippen LogP contribution in [0.25, 0.3) is 0 Å². The van der Waals surface area contributed by atoms with Gasteiger partial charge in [-0.3, -0.25) is 14.4 Å². The number of rotatable bonds is 7. The Bertz CT molecular complexity index is 800. The molecule has 2 rings (SSSR count). The first-order chi connectivity index (χ1) is 12.4. The molecule has 2 N–H and O–H groups in total. The molecule has 26 heavy (non-hydrogen) atoms. The maximum atomic E-state index is 12.4. The second-order valence-electron chi connectivity index (χ2n) is 5.94. The molecule has 0 bridgehead atoms. The predicted molar refractivity (Wildman–Crippen MR) is 99.4 cm³/mol. The van der Waals surface area contributed by atoms with Crippen molar-refractivity contribution in [2.45, 2.75) is 19.8 Å². The summed E-state index contributed by atoms with van der Waals surface area (Å²) < 4.78 is 0. The van der Waals surface area contributed by atoms with E-state index in [0.717, 1.165) is 5.56 Å². The Labute approximate surface area is 152 Å². The zero-order valence-corrected chi connectivity index (χ0v) is 14.9. The van der Waals surface area contributed by atoms with E-state index < -0.39 is 5.97 Å². The zero-order chi connectivity index (χ0) is 19.1. The highest BCUT2D eigenvalue weighted by Gasteiger charge is 2.13. The average Bonchev–Trinajstić information content (AvgIpc) is 2.66. The van der Waals surface area contributed by atoms with Crippen LogP contribution in [0, 0.1) is 0 Å². The lowest BCUT2D eigenvalue weighted by atomic mass is 10.1. The van der Waals surface area contributed by atoms with Gasteiger partial charge in [0.25, 0.3) is 11.8 Å². The van der Waals surface area contributed by atoms with Gasteiger partial charge in [0.15, 0.2) is 0 Å². The van der Waals surface area contributed by atoms with Gasteiger partial charge in [0.1, 0.15) is 0 Å². The van der Waals surface area contributed by atoms with Gasteiger partial charge in [-0.2, -0.15) is 0 Å². The summed E-state index contributed by atoms with van der Waals surface area (Å²) in [6.07, 6.45) is 0.511. The fraction of sp³-hybridized carbons (Fsp3) is 0.250. The van der Waals surface area contributed by atoms with Crippen molar-refractivity contribution in [1.82, 2.24) is 4.90 Å². The van der Waals surface area contributed by atoms with Crippen molar-refractivity contribution >= 4 is 23.5 Å². The first-order valence-electron chi connectivity index (χ1n) is 8.38. The van der Waals surface area contributed by atoms with E-state index in [4.69, 9.17) is 5.11 Å². The van der Waals surface area contributed by atoms with E-state index in [-0.39, 0.29) is 18.2 Å². The molecule has 136 valence electrons. The Balaban J connectivity index is 2.05. The van der Waals surface area contributed by atoms with Crippen LogP contribution in [-0.4, -0.2) is 41.4 Å². The molecule has 0 aliphatic rings. The molecule has 0 aliphatic heterocycles. The minimum Gasteiger partial charge on any atom is -0.481 e. The summed E-state index contributed by atoms with van der Waals surface area (Å²) in [4.78, 5) is 36.8. The van der Waals surface area contributed by atoms with Gasteiger partial charge in [-0.15, -0.1) is 0 Å². The van der Waals surface area contributed by atoms with Crippen LogP contribution < -0.4 is 5.32 Å². The van der Waals surface area contributed by atoms with Gasteiger partial charge < -0.3 is 15.3 Å². The third-order valence-corrected chi connectivity index (χ3v) is 4.03. The standard InChI is InChI=1S/C20H22N2O4/c1-3-22(2)20(26)16-6-4-5-15(13-16)19(25)21-17-10-7-14(8-11-17)9-12-18(23)24/h4-8,10-11,13H,3,9,12H2,1-2H3,(H,21,25)(H,23,24). The zero-order valence-electron chi connectivity index (χ0n) is 14.9. The number of carbonyl (C=O) groups is 3. The summed E-state index contributed by atoms with van der Waals surface area (Å²) in [5.41, 5.74) is 2.36. The van der Waals surface area contributed by atoms with Crippen LogP contribution in [0.2, 0.25) is 0 Å². The number of aliphatic carboxylic acids is 1. The molecule has 0 unspecified atom stereocenters. The Morgan fingerprint density at radius 2 is 1.69 bits per heavy atom. The van der Waals surface area contributed by atoms with Crippen molar-refractivity contribution in [3.63, 3.8) is 0 Å². The van der Waals surface area contributed by atoms with E-state index in [1.54, 1.807) is 60.5 Å². The smallest absolute Gasteiger partial charge is 0.303 e. The monoisotopic (exact) mass is 354 g/mol. The van der Waals surface area contributed by atoms with Crippen molar-refractivity contribution in [3.8, 4) is 0 Å². The third kappa shape index (κ3) is 5.17. The molecule has 6 heteroatoms. The third-order valence-electron chi connectivity index (χ3n) is 4.03. The Hall–Kier alpha value is -3.15. The predicted octanol–water partition coefficient (Wildman–Crippen LogP) is 3.05. The highest BCUT2D eigenvalue weighted by molar-refractivity contribution is 6.06. The summed E-state index contributed by atoms with van der Waals surface area (Å²) >= 11 is 0. The van der Waals surface area contributed by atoms with E-state index in [9.17, 15) is 14.4 Å². The molecule has 2 aromatic carbocycles. The fourth-order valence-electron chi connectivity index (χ4n) is 2.37. The molecule has 0 fully saturated rings. The van der Waals surface area contributed by atoms with Gasteiger partial charge in [-0.25, -0.2) is 0 Å². The summed E-state index contributed by atoms with van der Waals surface area (Å²) in [6.45, 7) is 2.47. The minimum atomic E-state index is -0.842. The number of amides is 2. The molecule has 0 saturated heterocycles. The maximum Gasteiger partial charge on any atom is 0.303 e. The SMILES string of the molecule is CCN(C)C(=O)c1cccc(C(=O)Nc2ccc(CCC(=O)O)cc2)c1. The van der Waals surface area contributed by atoms with Gasteiger partial charge in [0, 0.05) is 36.8 Å². The van der Waals surface area contributed by atoms with Crippen molar-refractivity contribution in [2.75, 3.05) is 18.9 Å². The van der Waals surface area contributed by atoms with Gasteiger partial charge in [0.05, 0.1) is 0 Å². The first-order valence-corrected chi connectivity index (χ1v) is 8.38. The quantitative estimate of drug-likeness (QED) is 0.800. The molecule has 0 spiro atoms. The van der Waals surface area contributed by atoms with E-state index >= 15 is 0 Å². The van der Waals surface area contributed by atoms with Crippen molar-refractivity contribution < 1.29 is 19.5 Å². The Morgan fingerprint density at radius 3 is 2.31 bits per heavy atom. The molecule has 0 aliphatic carbocycles. The van der Waals surface area contributed by atoms with E-state index in [2.05, 4.69) is 5.32 Å². The number of hydrogen-bond donors (Lipinski definition) is 2. The highest BCUT2D eigenvalue weighted by Crippen LogP contribution is 2.14. The number of carboxylic acids is 1. The summed E-state index contributed by atoms with van der Waals surface area (Å²) in [6, 6.07) is 13.6. The minimum absolute atomic E-state index is 0.0682. The van der Waals surface area contributed by atoms with Crippen LogP contribution in [0.3, 0.4) is 0 Å². The largest absolute Gasteiger partial charge is 0.481 e. The van der Waals surface area contributed by atoms with Gasteiger partial charge in [-0.1, -0.05) is 18.2 Å². The van der Waals surface area contributed by atoms with Crippen LogP contribution in [0.15, 0.2) is 48.5 Å². The molecule has 0 aromatic heterocycles. The molecule has 0 atom stereocenters. The van der Waals surface area contributed by atoms with Crippen molar-refractivity contribution in [2.24, 2.45) is 0 Å². The average molecular weight is 354 g/mol. The summed E-state index contributed by atoms with van der Waals surface area (Å²) in [7, 11) is 1.71. The molecule has 0 heterocycles. The maximum absolute atomic E-state index is 12.4. The topological polar surface area (TPSA) is 86.7 Å². The summed E-state index contributed by atoms with van der Waals surface area (Å²) in [5.74, 6) is -1.28. The van der Waals surface area contributed by atoms with Crippen LogP contribution in [0.4, 0.5) is 5.69 Å². The molecule has 6 nitrogen and oxygen atoms in total. The van der Waals surface area contributed by atoms with Gasteiger partial charge >= 0.3 is 5.97 Å². The molecule has 0 saturated carbocycles. The first kappa shape index (κ1) is 19.2.